The first-order valence-electron chi connectivity index (χ1n) is 4.62. The number of carbonyl (C=O) groups is 2. The summed E-state index contributed by atoms with van der Waals surface area (Å²) in [5, 5.41) is 0. The number of carbonyl (C=O) groups excluding carboxylic acids is 2. The molecule has 0 fully saturated rings. The van der Waals surface area contributed by atoms with Crippen molar-refractivity contribution in [3.8, 4) is 0 Å². The lowest BCUT2D eigenvalue weighted by Gasteiger charge is -2.11. The Kier molecular flexibility index (Phi) is 3.56. The summed E-state index contributed by atoms with van der Waals surface area (Å²) in [6.07, 6.45) is -4.84. The Hall–Kier alpha value is -1.53. The second kappa shape index (κ2) is 4.54. The summed E-state index contributed by atoms with van der Waals surface area (Å²) in [5.74, 6) is -1.90. The summed E-state index contributed by atoms with van der Waals surface area (Å²) < 4.78 is 40.7. The minimum absolute atomic E-state index is 0.0377. The van der Waals surface area contributed by atoms with Gasteiger partial charge in [0.05, 0.1) is 6.61 Å². The number of ketones is 1. The third kappa shape index (κ3) is 2.74. The predicted molar refractivity (Wildman–Crippen MR) is 47.5 cm³/mol. The van der Waals surface area contributed by atoms with Crippen molar-refractivity contribution >= 4 is 11.9 Å². The lowest BCUT2D eigenvalue weighted by Crippen LogP contribution is -2.24. The predicted octanol–water partition coefficient (Wildman–Crippen LogP) is 1.86. The molecule has 0 aromatic rings. The lowest BCUT2D eigenvalue weighted by atomic mass is 10.1. The molecule has 7 heteroatoms. The molecule has 0 atom stereocenters. The van der Waals surface area contributed by atoms with E-state index in [0.717, 1.165) is 11.1 Å². The van der Waals surface area contributed by atoms with Gasteiger partial charge in [0.15, 0.2) is 0 Å². The maximum absolute atomic E-state index is 12.1. The van der Waals surface area contributed by atoms with Gasteiger partial charge < -0.3 is 4.74 Å². The van der Waals surface area contributed by atoms with E-state index in [4.69, 9.17) is 0 Å². The van der Waals surface area contributed by atoms with Gasteiger partial charge in [-0.05, 0) is 13.3 Å². The monoisotopic (exact) mass is 237 g/mol. The highest BCUT2D eigenvalue weighted by Gasteiger charge is 2.42. The number of hydrogen-bond donors (Lipinski definition) is 0. The van der Waals surface area contributed by atoms with Crippen LogP contribution in [0.2, 0.25) is 0 Å². The zero-order chi connectivity index (χ0) is 12.3. The normalized spacial score (nSPS) is 16.0. The molecule has 1 heterocycles. The van der Waals surface area contributed by atoms with Crippen molar-refractivity contribution in [2.45, 2.75) is 19.5 Å². The first-order chi connectivity index (χ1) is 7.36. The second-order valence-corrected chi connectivity index (χ2v) is 3.12. The fourth-order valence-corrected chi connectivity index (χ4v) is 1.26. The highest BCUT2D eigenvalue weighted by atomic mass is 19.4. The van der Waals surface area contributed by atoms with Gasteiger partial charge in [0.1, 0.15) is 0 Å². The topological polar surface area (TPSA) is 46.6 Å². The SMILES string of the molecule is CCOC(=O)N1C=C(C(=O)C(F)(F)F)CC1. The lowest BCUT2D eigenvalue weighted by molar-refractivity contribution is -0.166. The molecule has 1 aliphatic rings. The van der Waals surface area contributed by atoms with E-state index in [1.165, 1.54) is 0 Å². The van der Waals surface area contributed by atoms with Gasteiger partial charge in [-0.2, -0.15) is 13.2 Å². The van der Waals surface area contributed by atoms with Crippen LogP contribution < -0.4 is 0 Å². The van der Waals surface area contributed by atoms with E-state index in [9.17, 15) is 22.8 Å². The van der Waals surface area contributed by atoms with Gasteiger partial charge in [0.2, 0.25) is 0 Å². The van der Waals surface area contributed by atoms with Gasteiger partial charge in [-0.15, -0.1) is 0 Å². The van der Waals surface area contributed by atoms with Crippen LogP contribution in [0.3, 0.4) is 0 Å². The molecule has 0 unspecified atom stereocenters. The summed E-state index contributed by atoms with van der Waals surface area (Å²) in [5.41, 5.74) is -0.416. The van der Waals surface area contributed by atoms with Crippen LogP contribution in [-0.2, 0) is 9.53 Å². The van der Waals surface area contributed by atoms with Gasteiger partial charge >= 0.3 is 12.3 Å². The van der Waals surface area contributed by atoms with Crippen LogP contribution in [0.1, 0.15) is 13.3 Å². The third-order valence-electron chi connectivity index (χ3n) is 1.99. The number of Topliss-reactive ketones (excluding diaryl/α,β-unsaturated/α-hetero) is 1. The number of halogens is 3. The van der Waals surface area contributed by atoms with Crippen molar-refractivity contribution in [1.82, 2.24) is 4.90 Å². The Morgan fingerprint density at radius 3 is 2.62 bits per heavy atom. The fraction of sp³-hybridized carbons (Fsp3) is 0.556. The molecular formula is C9H10F3NO3. The van der Waals surface area contributed by atoms with Gasteiger partial charge in [-0.25, -0.2) is 4.79 Å². The number of nitrogens with zero attached hydrogens (tertiary/aromatic N) is 1. The highest BCUT2D eigenvalue weighted by molar-refractivity contribution is 6.00. The smallest absolute Gasteiger partial charge is 0.449 e. The summed E-state index contributed by atoms with van der Waals surface area (Å²) in [7, 11) is 0. The fourth-order valence-electron chi connectivity index (χ4n) is 1.26. The van der Waals surface area contributed by atoms with Crippen molar-refractivity contribution in [3.05, 3.63) is 11.8 Å². The van der Waals surface area contributed by atoms with Crippen molar-refractivity contribution in [2.75, 3.05) is 13.2 Å². The molecule has 1 amide bonds. The van der Waals surface area contributed by atoms with Gasteiger partial charge in [0, 0.05) is 18.3 Å². The maximum atomic E-state index is 12.1. The Labute approximate surface area is 89.7 Å². The zero-order valence-corrected chi connectivity index (χ0v) is 8.50. The molecule has 1 aliphatic heterocycles. The Bertz CT molecular complexity index is 335. The molecule has 0 bridgehead atoms. The van der Waals surface area contributed by atoms with Gasteiger partial charge in [0.25, 0.3) is 5.78 Å². The van der Waals surface area contributed by atoms with E-state index < -0.39 is 23.6 Å². The largest absolute Gasteiger partial charge is 0.454 e. The molecule has 0 N–H and O–H groups in total. The van der Waals surface area contributed by atoms with Gasteiger partial charge in [-0.1, -0.05) is 0 Å². The summed E-state index contributed by atoms with van der Waals surface area (Å²) in [6, 6.07) is 0. The van der Waals surface area contributed by atoms with Crippen molar-refractivity contribution in [3.63, 3.8) is 0 Å². The molecule has 1 rings (SSSR count). The Balaban J connectivity index is 2.70. The van der Waals surface area contributed by atoms with Crippen LogP contribution >= 0.6 is 0 Å². The molecule has 0 saturated carbocycles. The molecular weight excluding hydrogens is 227 g/mol. The third-order valence-corrected chi connectivity index (χ3v) is 1.99. The van der Waals surface area contributed by atoms with Gasteiger partial charge in [-0.3, -0.25) is 9.69 Å². The minimum atomic E-state index is -4.89. The maximum Gasteiger partial charge on any atom is 0.454 e. The second-order valence-electron chi connectivity index (χ2n) is 3.12. The van der Waals surface area contributed by atoms with E-state index in [1.54, 1.807) is 6.92 Å². The molecule has 0 aromatic heterocycles. The molecule has 0 aromatic carbocycles. The molecule has 0 saturated heterocycles. The van der Waals surface area contributed by atoms with Crippen molar-refractivity contribution < 1.29 is 27.5 Å². The Morgan fingerprint density at radius 2 is 2.12 bits per heavy atom. The highest BCUT2D eigenvalue weighted by Crippen LogP contribution is 2.26. The van der Waals surface area contributed by atoms with E-state index in [-0.39, 0.29) is 19.6 Å². The average Bonchev–Trinajstić information content (AvgIpc) is 2.64. The van der Waals surface area contributed by atoms with Crippen molar-refractivity contribution in [2.24, 2.45) is 0 Å². The molecule has 90 valence electrons. The van der Waals surface area contributed by atoms with Crippen LogP contribution in [0.5, 0.6) is 0 Å². The van der Waals surface area contributed by atoms with Crippen LogP contribution in [0, 0.1) is 0 Å². The molecule has 0 radical (unpaired) electrons. The zero-order valence-electron chi connectivity index (χ0n) is 8.50. The minimum Gasteiger partial charge on any atom is -0.449 e. The average molecular weight is 237 g/mol. The summed E-state index contributed by atoms with van der Waals surface area (Å²) in [4.78, 5) is 22.9. The number of alkyl halides is 3. The van der Waals surface area contributed by atoms with Crippen LogP contribution in [-0.4, -0.2) is 36.1 Å². The molecule has 16 heavy (non-hydrogen) atoms. The molecule has 0 spiro atoms. The van der Waals surface area contributed by atoms with E-state index >= 15 is 0 Å². The van der Waals surface area contributed by atoms with Crippen LogP contribution in [0.4, 0.5) is 18.0 Å². The van der Waals surface area contributed by atoms with Crippen LogP contribution in [0.15, 0.2) is 11.8 Å². The first-order valence-corrected chi connectivity index (χ1v) is 4.62. The van der Waals surface area contributed by atoms with Crippen molar-refractivity contribution in [1.29, 1.82) is 0 Å². The first kappa shape index (κ1) is 12.5. The molecule has 0 aliphatic carbocycles. The number of ether oxygens (including phenoxy) is 1. The Morgan fingerprint density at radius 1 is 1.50 bits per heavy atom. The van der Waals surface area contributed by atoms with Crippen LogP contribution in [0.25, 0.3) is 0 Å². The van der Waals surface area contributed by atoms with E-state index in [1.807, 2.05) is 0 Å². The molecule has 4 nitrogen and oxygen atoms in total. The quantitative estimate of drug-likeness (QED) is 0.736. The number of hydrogen-bond acceptors (Lipinski definition) is 3. The number of amides is 1. The standard InChI is InChI=1S/C9H10F3NO3/c1-2-16-8(15)13-4-3-6(5-13)7(14)9(10,11)12/h5H,2-4H2,1H3. The summed E-state index contributed by atoms with van der Waals surface area (Å²) in [6.45, 7) is 1.75. The number of rotatable bonds is 2. The summed E-state index contributed by atoms with van der Waals surface area (Å²) >= 11 is 0. The van der Waals surface area contributed by atoms with E-state index in [2.05, 4.69) is 4.74 Å². The van der Waals surface area contributed by atoms with E-state index in [0.29, 0.717) is 0 Å².